The molecule has 0 radical (unpaired) electrons. The molecule has 21 heavy (non-hydrogen) atoms. The molecule has 0 aromatic heterocycles. The molecule has 2 aromatic carbocycles. The van der Waals surface area contributed by atoms with E-state index in [9.17, 15) is 14.7 Å². The molecule has 1 amide bonds. The number of aliphatic hydroxyl groups is 1. The van der Waals surface area contributed by atoms with Crippen molar-refractivity contribution in [1.29, 1.82) is 0 Å². The van der Waals surface area contributed by atoms with Gasteiger partial charge in [-0.1, -0.05) is 48.5 Å². The minimum atomic E-state index is -2.48. The van der Waals surface area contributed by atoms with E-state index in [-0.39, 0.29) is 11.1 Å². The third-order valence-electron chi connectivity index (χ3n) is 2.90. The van der Waals surface area contributed by atoms with E-state index in [2.05, 4.69) is 10.2 Å². The van der Waals surface area contributed by atoms with E-state index in [1.54, 1.807) is 36.4 Å². The van der Waals surface area contributed by atoms with Crippen LogP contribution in [-0.4, -0.2) is 22.2 Å². The van der Waals surface area contributed by atoms with Gasteiger partial charge in [0.15, 0.2) is 0 Å². The van der Waals surface area contributed by atoms with Crippen LogP contribution in [0, 0.1) is 0 Å². The quantitative estimate of drug-likeness (QED) is 0.447. The Balaban J connectivity index is 2.34. The Kier molecular flexibility index (Phi) is 4.32. The number of hydrogen-bond acceptors (Lipinski definition) is 5. The lowest BCUT2D eigenvalue weighted by molar-refractivity contribution is -0.254. The summed E-state index contributed by atoms with van der Waals surface area (Å²) < 4.78 is 0. The number of benzene rings is 2. The van der Waals surface area contributed by atoms with Gasteiger partial charge < -0.3 is 10.4 Å². The Labute approximate surface area is 120 Å². The standard InChI is InChI=1S/C15H13NO5/c17-13(11-7-3-1-4-8-11)16-15(19,14(18)21-20)12-9-5-2-6-10-12/h1-10,19-20H,(H,16,17). The van der Waals surface area contributed by atoms with Crippen LogP contribution in [0.2, 0.25) is 0 Å². The Morgan fingerprint density at radius 1 is 0.952 bits per heavy atom. The van der Waals surface area contributed by atoms with E-state index in [1.165, 1.54) is 24.3 Å². The lowest BCUT2D eigenvalue weighted by atomic mass is 10.0. The smallest absolute Gasteiger partial charge is 0.358 e. The summed E-state index contributed by atoms with van der Waals surface area (Å²) in [6.45, 7) is 0. The lowest BCUT2D eigenvalue weighted by Crippen LogP contribution is -2.52. The van der Waals surface area contributed by atoms with Crippen LogP contribution in [-0.2, 0) is 15.4 Å². The summed E-state index contributed by atoms with van der Waals surface area (Å²) in [5, 5.41) is 21.1. The Morgan fingerprint density at radius 2 is 1.48 bits per heavy atom. The fourth-order valence-corrected chi connectivity index (χ4v) is 1.81. The molecule has 0 bridgehead atoms. The molecule has 0 aliphatic heterocycles. The first-order valence-corrected chi connectivity index (χ1v) is 6.09. The maximum atomic E-state index is 12.1. The van der Waals surface area contributed by atoms with Gasteiger partial charge in [0.1, 0.15) is 0 Å². The molecular formula is C15H13NO5. The van der Waals surface area contributed by atoms with E-state index in [0.717, 1.165) is 0 Å². The SMILES string of the molecule is O=C(NC(O)(C(=O)OO)c1ccccc1)c1ccccc1. The lowest BCUT2D eigenvalue weighted by Gasteiger charge is -2.25. The van der Waals surface area contributed by atoms with Crippen LogP contribution < -0.4 is 5.32 Å². The first-order chi connectivity index (χ1) is 10.1. The Morgan fingerprint density at radius 3 is 2.00 bits per heavy atom. The maximum Gasteiger partial charge on any atom is 0.398 e. The second-order valence-corrected chi connectivity index (χ2v) is 4.28. The minimum Gasteiger partial charge on any atom is -0.358 e. The number of carbonyl (C=O) groups is 2. The molecule has 6 heteroatoms. The minimum absolute atomic E-state index is 0.0633. The zero-order chi connectivity index (χ0) is 15.3. The summed E-state index contributed by atoms with van der Waals surface area (Å²) in [5.41, 5.74) is -2.17. The average molecular weight is 287 g/mol. The van der Waals surface area contributed by atoms with Crippen molar-refractivity contribution in [2.45, 2.75) is 5.72 Å². The largest absolute Gasteiger partial charge is 0.398 e. The van der Waals surface area contributed by atoms with Gasteiger partial charge in [0.25, 0.3) is 11.6 Å². The number of amides is 1. The van der Waals surface area contributed by atoms with Gasteiger partial charge in [-0.2, -0.15) is 5.26 Å². The summed E-state index contributed by atoms with van der Waals surface area (Å²) in [6.07, 6.45) is 0. The van der Waals surface area contributed by atoms with Gasteiger partial charge in [-0.15, -0.1) is 0 Å². The molecule has 0 aliphatic carbocycles. The molecule has 0 spiro atoms. The van der Waals surface area contributed by atoms with Crippen LogP contribution in [0.5, 0.6) is 0 Å². The molecular weight excluding hydrogens is 274 g/mol. The van der Waals surface area contributed by atoms with Crippen LogP contribution in [0.15, 0.2) is 60.7 Å². The predicted molar refractivity (Wildman–Crippen MR) is 73.0 cm³/mol. The monoisotopic (exact) mass is 287 g/mol. The van der Waals surface area contributed by atoms with Crippen LogP contribution in [0.3, 0.4) is 0 Å². The molecule has 2 rings (SSSR count). The molecule has 1 unspecified atom stereocenters. The van der Waals surface area contributed by atoms with Gasteiger partial charge in [-0.05, 0) is 12.1 Å². The summed E-state index contributed by atoms with van der Waals surface area (Å²) in [4.78, 5) is 27.4. The molecule has 1 atom stereocenters. The topological polar surface area (TPSA) is 95.9 Å². The predicted octanol–water partition coefficient (Wildman–Crippen LogP) is 1.28. The van der Waals surface area contributed by atoms with Gasteiger partial charge in [-0.25, -0.2) is 4.79 Å². The highest BCUT2D eigenvalue weighted by atomic mass is 17.1. The molecule has 0 saturated carbocycles. The van der Waals surface area contributed by atoms with Crippen molar-refractivity contribution in [3.05, 3.63) is 71.8 Å². The number of hydrogen-bond donors (Lipinski definition) is 3. The highest BCUT2D eigenvalue weighted by Crippen LogP contribution is 2.20. The molecule has 0 fully saturated rings. The molecule has 2 aromatic rings. The highest BCUT2D eigenvalue weighted by Gasteiger charge is 2.42. The van der Waals surface area contributed by atoms with Crippen molar-refractivity contribution >= 4 is 11.9 Å². The van der Waals surface area contributed by atoms with Crippen LogP contribution in [0.4, 0.5) is 0 Å². The number of carbonyl (C=O) groups excluding carboxylic acids is 2. The van der Waals surface area contributed by atoms with Crippen molar-refractivity contribution in [3.8, 4) is 0 Å². The third-order valence-corrected chi connectivity index (χ3v) is 2.90. The summed E-state index contributed by atoms with van der Waals surface area (Å²) in [6, 6.07) is 15.7. The normalized spacial score (nSPS) is 13.0. The fourth-order valence-electron chi connectivity index (χ4n) is 1.81. The van der Waals surface area contributed by atoms with E-state index >= 15 is 0 Å². The first-order valence-electron chi connectivity index (χ1n) is 6.09. The van der Waals surface area contributed by atoms with Crippen LogP contribution >= 0.6 is 0 Å². The average Bonchev–Trinajstić information content (AvgIpc) is 2.55. The molecule has 3 N–H and O–H groups in total. The van der Waals surface area contributed by atoms with Gasteiger partial charge >= 0.3 is 5.97 Å². The molecule has 0 aliphatic rings. The van der Waals surface area contributed by atoms with Crippen molar-refractivity contribution in [2.24, 2.45) is 0 Å². The second kappa shape index (κ2) is 6.17. The summed E-state index contributed by atoms with van der Waals surface area (Å²) in [5.74, 6) is -2.09. The summed E-state index contributed by atoms with van der Waals surface area (Å²) >= 11 is 0. The fraction of sp³-hybridized carbons (Fsp3) is 0.0667. The zero-order valence-corrected chi connectivity index (χ0v) is 10.9. The van der Waals surface area contributed by atoms with Gasteiger partial charge in [-0.3, -0.25) is 9.68 Å². The van der Waals surface area contributed by atoms with Crippen molar-refractivity contribution < 1.29 is 24.8 Å². The second-order valence-electron chi connectivity index (χ2n) is 4.28. The third kappa shape index (κ3) is 3.07. The van der Waals surface area contributed by atoms with Gasteiger partial charge in [0.05, 0.1) is 0 Å². The van der Waals surface area contributed by atoms with E-state index in [1.807, 2.05) is 0 Å². The van der Waals surface area contributed by atoms with Crippen molar-refractivity contribution in [1.82, 2.24) is 5.32 Å². The zero-order valence-electron chi connectivity index (χ0n) is 10.9. The van der Waals surface area contributed by atoms with E-state index < -0.39 is 17.6 Å². The van der Waals surface area contributed by atoms with Crippen molar-refractivity contribution in [2.75, 3.05) is 0 Å². The number of nitrogens with one attached hydrogen (secondary N) is 1. The van der Waals surface area contributed by atoms with Crippen LogP contribution in [0.1, 0.15) is 15.9 Å². The Hall–Kier alpha value is -2.70. The van der Waals surface area contributed by atoms with E-state index in [4.69, 9.17) is 5.26 Å². The molecule has 6 nitrogen and oxygen atoms in total. The van der Waals surface area contributed by atoms with Crippen LogP contribution in [0.25, 0.3) is 0 Å². The first kappa shape index (κ1) is 14.7. The Bertz CT molecular complexity index is 629. The maximum absolute atomic E-state index is 12.1. The van der Waals surface area contributed by atoms with Gasteiger partial charge in [0.2, 0.25) is 0 Å². The van der Waals surface area contributed by atoms with Gasteiger partial charge in [0, 0.05) is 11.1 Å². The van der Waals surface area contributed by atoms with E-state index in [0.29, 0.717) is 0 Å². The summed E-state index contributed by atoms with van der Waals surface area (Å²) in [7, 11) is 0. The molecule has 0 saturated heterocycles. The highest BCUT2D eigenvalue weighted by molar-refractivity contribution is 5.97. The molecule has 0 heterocycles. The molecule has 108 valence electrons. The number of rotatable bonds is 4. The van der Waals surface area contributed by atoms with Crippen molar-refractivity contribution in [3.63, 3.8) is 0 Å².